The van der Waals surface area contributed by atoms with E-state index in [2.05, 4.69) is 26.7 Å². The number of ether oxygens (including phenoxy) is 1. The van der Waals surface area contributed by atoms with Gasteiger partial charge in [0.25, 0.3) is 0 Å². The fourth-order valence-corrected chi connectivity index (χ4v) is 3.75. The van der Waals surface area contributed by atoms with E-state index in [1.54, 1.807) is 0 Å². The highest BCUT2D eigenvalue weighted by Crippen LogP contribution is 2.66. The fraction of sp³-hybridized carbons (Fsp3) is 0.800. The van der Waals surface area contributed by atoms with Crippen LogP contribution in [0.5, 0.6) is 0 Å². The molecule has 0 amide bonds. The lowest BCUT2D eigenvalue weighted by atomic mass is 9.70. The summed E-state index contributed by atoms with van der Waals surface area (Å²) in [7, 11) is 0. The van der Waals surface area contributed by atoms with Gasteiger partial charge < -0.3 is 10.5 Å². The van der Waals surface area contributed by atoms with Crippen LogP contribution >= 0.6 is 0 Å². The van der Waals surface area contributed by atoms with E-state index in [1.807, 2.05) is 0 Å². The summed E-state index contributed by atoms with van der Waals surface area (Å²) in [5, 5.41) is 0. The van der Waals surface area contributed by atoms with Gasteiger partial charge in [0.15, 0.2) is 0 Å². The third kappa shape index (κ3) is 1.75. The van der Waals surface area contributed by atoms with E-state index in [-0.39, 0.29) is 29.3 Å². The first-order valence-corrected chi connectivity index (χ1v) is 6.72. The summed E-state index contributed by atoms with van der Waals surface area (Å²) in [6.45, 7) is 6.82. The first-order chi connectivity index (χ1) is 8.33. The van der Waals surface area contributed by atoms with Gasteiger partial charge in [-0.1, -0.05) is 20.8 Å². The largest absolute Gasteiger partial charge is 0.461 e. The van der Waals surface area contributed by atoms with Crippen molar-refractivity contribution >= 4 is 5.97 Å². The van der Waals surface area contributed by atoms with Gasteiger partial charge in [0.05, 0.1) is 0 Å². The maximum Gasteiger partial charge on any atom is 0.324 e. The molecule has 3 heteroatoms. The number of esters is 1. The lowest BCUT2D eigenvalue weighted by Gasteiger charge is -2.38. The van der Waals surface area contributed by atoms with Gasteiger partial charge in [0.1, 0.15) is 12.1 Å². The van der Waals surface area contributed by atoms with Gasteiger partial charge in [-0.2, -0.15) is 0 Å². The minimum absolute atomic E-state index is 0.00238. The lowest BCUT2D eigenvalue weighted by molar-refractivity contribution is -0.158. The molecule has 0 aromatic rings. The Balaban J connectivity index is 2.05. The molecule has 4 atom stereocenters. The molecule has 2 rings (SSSR count). The average molecular weight is 249 g/mol. The van der Waals surface area contributed by atoms with Crippen molar-refractivity contribution < 1.29 is 9.53 Å². The van der Waals surface area contributed by atoms with Crippen LogP contribution in [0.4, 0.5) is 0 Å². The molecule has 2 N–H and O–H groups in total. The number of carbonyl (C=O) groups is 1. The number of carbonyl (C=O) groups excluding carboxylic acids is 1. The summed E-state index contributed by atoms with van der Waals surface area (Å²) in [6.07, 6.45) is 8.76. The zero-order valence-corrected chi connectivity index (χ0v) is 11.5. The van der Waals surface area contributed by atoms with Gasteiger partial charge in [-0.25, -0.2) is 0 Å². The predicted molar refractivity (Wildman–Crippen MR) is 70.5 cm³/mol. The van der Waals surface area contributed by atoms with Crippen molar-refractivity contribution in [3.63, 3.8) is 0 Å². The topological polar surface area (TPSA) is 52.3 Å². The van der Waals surface area contributed by atoms with E-state index >= 15 is 0 Å². The van der Waals surface area contributed by atoms with Crippen LogP contribution in [-0.4, -0.2) is 18.1 Å². The number of hydrogen-bond donors (Lipinski definition) is 1. The number of terminal acetylenes is 1. The van der Waals surface area contributed by atoms with Gasteiger partial charge in [0.2, 0.25) is 0 Å². The molecule has 2 fully saturated rings. The third-order valence-corrected chi connectivity index (χ3v) is 5.61. The van der Waals surface area contributed by atoms with Gasteiger partial charge in [0, 0.05) is 11.8 Å². The Morgan fingerprint density at radius 2 is 2.22 bits per heavy atom. The molecule has 0 radical (unpaired) electrons. The number of rotatable bonds is 3. The van der Waals surface area contributed by atoms with E-state index in [1.165, 1.54) is 6.42 Å². The quantitative estimate of drug-likeness (QED) is 0.615. The van der Waals surface area contributed by atoms with Gasteiger partial charge in [-0.05, 0) is 30.6 Å². The fourth-order valence-electron chi connectivity index (χ4n) is 3.75. The average Bonchev–Trinajstić information content (AvgIpc) is 2.62. The Labute approximate surface area is 109 Å². The molecule has 18 heavy (non-hydrogen) atoms. The van der Waals surface area contributed by atoms with Crippen molar-refractivity contribution in [3.8, 4) is 12.3 Å². The molecule has 0 aromatic carbocycles. The van der Waals surface area contributed by atoms with Crippen molar-refractivity contribution in [2.24, 2.45) is 22.5 Å². The summed E-state index contributed by atoms with van der Waals surface area (Å²) in [4.78, 5) is 11.9. The van der Waals surface area contributed by atoms with Crippen LogP contribution in [0.1, 0.15) is 46.5 Å². The van der Waals surface area contributed by atoms with Crippen LogP contribution in [-0.2, 0) is 9.53 Å². The van der Waals surface area contributed by atoms with Crippen LogP contribution in [0.25, 0.3) is 0 Å². The summed E-state index contributed by atoms with van der Waals surface area (Å²) in [5.41, 5.74) is 6.03. The molecule has 0 heterocycles. The minimum atomic E-state index is -0.680. The van der Waals surface area contributed by atoms with E-state index in [9.17, 15) is 4.79 Å². The van der Waals surface area contributed by atoms with Crippen LogP contribution in [0.15, 0.2) is 0 Å². The molecule has 0 aliphatic heterocycles. The maximum absolute atomic E-state index is 11.9. The van der Waals surface area contributed by atoms with Gasteiger partial charge >= 0.3 is 5.97 Å². The first-order valence-electron chi connectivity index (χ1n) is 6.72. The van der Waals surface area contributed by atoms with Crippen LogP contribution in [0.2, 0.25) is 0 Å². The SMILES string of the molecule is C#CCC(N)C(=O)OC1CC2CCC1(C)C2(C)C. The van der Waals surface area contributed by atoms with E-state index < -0.39 is 6.04 Å². The second-order valence-electron chi connectivity index (χ2n) is 6.55. The van der Waals surface area contributed by atoms with E-state index in [0.29, 0.717) is 5.92 Å². The molecule has 100 valence electrons. The van der Waals surface area contributed by atoms with Crippen molar-refractivity contribution in [2.75, 3.05) is 0 Å². The molecule has 2 aliphatic carbocycles. The zero-order chi connectivity index (χ0) is 13.6. The van der Waals surface area contributed by atoms with Crippen LogP contribution in [0.3, 0.4) is 0 Å². The summed E-state index contributed by atoms with van der Waals surface area (Å²) < 4.78 is 5.64. The number of nitrogens with two attached hydrogens (primary N) is 1. The summed E-state index contributed by atoms with van der Waals surface area (Å²) in [6, 6.07) is -0.680. The van der Waals surface area contributed by atoms with Crippen molar-refractivity contribution in [3.05, 3.63) is 0 Å². The van der Waals surface area contributed by atoms with Crippen molar-refractivity contribution in [2.45, 2.75) is 58.6 Å². The molecule has 0 aromatic heterocycles. The smallest absolute Gasteiger partial charge is 0.324 e. The summed E-state index contributed by atoms with van der Waals surface area (Å²) in [5.74, 6) is 2.72. The number of fused-ring (bicyclic) bond motifs is 2. The molecule has 0 saturated heterocycles. The first kappa shape index (κ1) is 13.4. The van der Waals surface area contributed by atoms with E-state index in [4.69, 9.17) is 16.9 Å². The maximum atomic E-state index is 11.9. The van der Waals surface area contributed by atoms with E-state index in [0.717, 1.165) is 12.8 Å². The standard InChI is InChI=1S/C15H23NO2/c1-5-6-11(16)13(17)18-12-9-10-7-8-15(12,4)14(10,2)3/h1,10-12H,6-9,16H2,2-4H3. The number of hydrogen-bond acceptors (Lipinski definition) is 3. The highest BCUT2D eigenvalue weighted by Gasteiger charge is 2.62. The monoisotopic (exact) mass is 249 g/mol. The molecule has 0 spiro atoms. The Bertz CT molecular complexity index is 396. The highest BCUT2D eigenvalue weighted by molar-refractivity contribution is 5.76. The highest BCUT2D eigenvalue weighted by atomic mass is 16.5. The molecule has 4 unspecified atom stereocenters. The van der Waals surface area contributed by atoms with Crippen LogP contribution in [0, 0.1) is 29.1 Å². The molecule has 3 nitrogen and oxygen atoms in total. The predicted octanol–water partition coefficient (Wildman–Crippen LogP) is 2.09. The molecule has 2 bridgehead atoms. The minimum Gasteiger partial charge on any atom is -0.461 e. The van der Waals surface area contributed by atoms with Crippen molar-refractivity contribution in [1.29, 1.82) is 0 Å². The molecular weight excluding hydrogens is 226 g/mol. The Kier molecular flexibility index (Phi) is 3.19. The van der Waals surface area contributed by atoms with Gasteiger partial charge in [-0.3, -0.25) is 4.79 Å². The Morgan fingerprint density at radius 3 is 2.67 bits per heavy atom. The second kappa shape index (κ2) is 4.28. The van der Waals surface area contributed by atoms with Crippen molar-refractivity contribution in [1.82, 2.24) is 0 Å². The Morgan fingerprint density at radius 1 is 1.56 bits per heavy atom. The molecule has 2 saturated carbocycles. The van der Waals surface area contributed by atoms with Gasteiger partial charge in [-0.15, -0.1) is 12.3 Å². The normalized spacial score (nSPS) is 38.2. The second-order valence-corrected chi connectivity index (χ2v) is 6.55. The summed E-state index contributed by atoms with van der Waals surface area (Å²) >= 11 is 0. The molecular formula is C15H23NO2. The molecule has 2 aliphatic rings. The third-order valence-electron chi connectivity index (χ3n) is 5.61. The van der Waals surface area contributed by atoms with Crippen LogP contribution < -0.4 is 5.73 Å². The lowest BCUT2D eigenvalue weighted by Crippen LogP contribution is -2.42. The Hall–Kier alpha value is -1.01. The zero-order valence-electron chi connectivity index (χ0n) is 11.5.